The Balaban J connectivity index is 2.45. The summed E-state index contributed by atoms with van der Waals surface area (Å²) in [7, 11) is 0. The summed E-state index contributed by atoms with van der Waals surface area (Å²) < 4.78 is 2.38. The fourth-order valence-corrected chi connectivity index (χ4v) is 2.96. The molecule has 0 N–H and O–H groups in total. The molecule has 74 valence electrons. The molecular formula is C10H16INS. The summed E-state index contributed by atoms with van der Waals surface area (Å²) in [6, 6.07) is 4.95. The highest BCUT2D eigenvalue weighted by atomic mass is 127. The van der Waals surface area contributed by atoms with Crippen LogP contribution in [0.1, 0.15) is 25.6 Å². The van der Waals surface area contributed by atoms with Crippen LogP contribution in [0.15, 0.2) is 17.5 Å². The second kappa shape index (κ2) is 5.32. The molecule has 1 aromatic rings. The second-order valence-corrected chi connectivity index (χ2v) is 5.89. The summed E-state index contributed by atoms with van der Waals surface area (Å²) in [5.41, 5.74) is 0. The lowest BCUT2D eigenvalue weighted by Gasteiger charge is -2.24. The third-order valence-electron chi connectivity index (χ3n) is 2.29. The summed E-state index contributed by atoms with van der Waals surface area (Å²) in [6.07, 6.45) is 0. The summed E-state index contributed by atoms with van der Waals surface area (Å²) in [6.45, 7) is 7.89. The van der Waals surface area contributed by atoms with Crippen molar-refractivity contribution in [1.82, 2.24) is 3.11 Å². The van der Waals surface area contributed by atoms with Crippen molar-refractivity contribution in [2.75, 3.05) is 0 Å². The van der Waals surface area contributed by atoms with Crippen LogP contribution >= 0.6 is 34.2 Å². The van der Waals surface area contributed by atoms with Crippen LogP contribution in [0, 0.1) is 5.92 Å². The van der Waals surface area contributed by atoms with Crippen molar-refractivity contribution in [2.24, 2.45) is 5.92 Å². The molecule has 3 heteroatoms. The first kappa shape index (κ1) is 11.5. The quantitative estimate of drug-likeness (QED) is 0.601. The average Bonchev–Trinajstić information content (AvgIpc) is 2.55. The van der Waals surface area contributed by atoms with E-state index in [1.54, 1.807) is 0 Å². The van der Waals surface area contributed by atoms with Gasteiger partial charge in [0.1, 0.15) is 0 Å². The first-order chi connectivity index (χ1) is 6.11. The molecule has 1 heterocycles. The Bertz CT molecular complexity index is 233. The minimum absolute atomic E-state index is 0.641. The molecule has 0 bridgehead atoms. The predicted molar refractivity (Wildman–Crippen MR) is 68.2 cm³/mol. The summed E-state index contributed by atoms with van der Waals surface area (Å²) >= 11 is 4.26. The minimum atomic E-state index is 0.641. The van der Waals surface area contributed by atoms with Gasteiger partial charge in [0.15, 0.2) is 0 Å². The van der Waals surface area contributed by atoms with E-state index in [4.69, 9.17) is 0 Å². The maximum absolute atomic E-state index is 2.42. The predicted octanol–water partition coefficient (Wildman–Crippen LogP) is 3.94. The molecule has 0 aliphatic rings. The Hall–Kier alpha value is 0.390. The summed E-state index contributed by atoms with van der Waals surface area (Å²) in [4.78, 5) is 1.45. The molecule has 0 spiro atoms. The van der Waals surface area contributed by atoms with Gasteiger partial charge in [-0.15, -0.1) is 11.3 Å². The van der Waals surface area contributed by atoms with Crippen LogP contribution in [0.3, 0.4) is 0 Å². The van der Waals surface area contributed by atoms with Crippen LogP contribution in [0.2, 0.25) is 0 Å². The maximum Gasteiger partial charge on any atom is 0.0429 e. The SMILES string of the molecule is CC(C)C(C)N(I)Cc1cccs1. The van der Waals surface area contributed by atoms with Gasteiger partial charge in [-0.25, -0.2) is 3.11 Å². The van der Waals surface area contributed by atoms with E-state index < -0.39 is 0 Å². The molecule has 1 rings (SSSR count). The van der Waals surface area contributed by atoms with Crippen molar-refractivity contribution in [3.63, 3.8) is 0 Å². The van der Waals surface area contributed by atoms with E-state index in [0.717, 1.165) is 12.5 Å². The molecule has 0 fully saturated rings. The highest BCUT2D eigenvalue weighted by Crippen LogP contribution is 2.20. The molecule has 1 atom stereocenters. The molecule has 1 aromatic heterocycles. The van der Waals surface area contributed by atoms with Gasteiger partial charge < -0.3 is 0 Å². The van der Waals surface area contributed by atoms with Gasteiger partial charge in [0.05, 0.1) is 0 Å². The van der Waals surface area contributed by atoms with Gasteiger partial charge in [0.25, 0.3) is 0 Å². The van der Waals surface area contributed by atoms with Crippen molar-refractivity contribution in [3.8, 4) is 0 Å². The van der Waals surface area contributed by atoms with Crippen molar-refractivity contribution in [2.45, 2.75) is 33.4 Å². The fraction of sp³-hybridized carbons (Fsp3) is 0.600. The highest BCUT2D eigenvalue weighted by Gasteiger charge is 2.14. The van der Waals surface area contributed by atoms with E-state index in [9.17, 15) is 0 Å². The van der Waals surface area contributed by atoms with Crippen molar-refractivity contribution >= 4 is 34.2 Å². The number of hydrogen-bond acceptors (Lipinski definition) is 2. The zero-order chi connectivity index (χ0) is 9.84. The van der Waals surface area contributed by atoms with E-state index in [0.29, 0.717) is 6.04 Å². The van der Waals surface area contributed by atoms with Crippen LogP contribution in [0.25, 0.3) is 0 Å². The largest absolute Gasteiger partial charge is 0.239 e. The Morgan fingerprint density at radius 3 is 2.62 bits per heavy atom. The molecule has 0 aromatic carbocycles. The van der Waals surface area contributed by atoms with Crippen LogP contribution in [-0.4, -0.2) is 9.16 Å². The van der Waals surface area contributed by atoms with Crippen molar-refractivity contribution in [1.29, 1.82) is 0 Å². The first-order valence-corrected chi connectivity index (χ1v) is 6.40. The molecule has 0 amide bonds. The molecule has 0 saturated heterocycles. The Labute approximate surface area is 98.6 Å². The van der Waals surface area contributed by atoms with Gasteiger partial charge in [-0.1, -0.05) is 19.9 Å². The summed E-state index contributed by atoms with van der Waals surface area (Å²) in [5, 5.41) is 2.14. The Morgan fingerprint density at radius 2 is 2.15 bits per heavy atom. The molecule has 0 aliphatic carbocycles. The lowest BCUT2D eigenvalue weighted by Crippen LogP contribution is -2.27. The standard InChI is InChI=1S/C10H16INS/c1-8(2)9(3)12(11)7-10-5-4-6-13-10/h4-6,8-9H,7H2,1-3H3. The Morgan fingerprint density at radius 1 is 1.46 bits per heavy atom. The smallest absolute Gasteiger partial charge is 0.0429 e. The van der Waals surface area contributed by atoms with Crippen LogP contribution < -0.4 is 0 Å². The second-order valence-electron chi connectivity index (χ2n) is 3.62. The van der Waals surface area contributed by atoms with Crippen molar-refractivity contribution < 1.29 is 0 Å². The topological polar surface area (TPSA) is 3.24 Å². The normalized spacial score (nSPS) is 14.0. The van der Waals surface area contributed by atoms with E-state index >= 15 is 0 Å². The molecule has 1 unspecified atom stereocenters. The summed E-state index contributed by atoms with van der Waals surface area (Å²) in [5.74, 6) is 0.719. The molecular weight excluding hydrogens is 293 g/mol. The lowest BCUT2D eigenvalue weighted by atomic mass is 10.1. The van der Waals surface area contributed by atoms with E-state index in [2.05, 4.69) is 64.3 Å². The first-order valence-electron chi connectivity index (χ1n) is 4.56. The van der Waals surface area contributed by atoms with Crippen LogP contribution in [0.5, 0.6) is 0 Å². The number of nitrogens with zero attached hydrogens (tertiary/aromatic N) is 1. The van der Waals surface area contributed by atoms with Gasteiger partial charge in [-0.2, -0.15) is 0 Å². The van der Waals surface area contributed by atoms with Gasteiger partial charge in [-0.3, -0.25) is 0 Å². The van der Waals surface area contributed by atoms with E-state index in [1.165, 1.54) is 4.88 Å². The molecule has 0 radical (unpaired) electrons. The molecule has 13 heavy (non-hydrogen) atoms. The van der Waals surface area contributed by atoms with Gasteiger partial charge in [0, 0.05) is 40.3 Å². The zero-order valence-corrected chi connectivity index (χ0v) is 11.3. The molecule has 0 saturated carbocycles. The third-order valence-corrected chi connectivity index (χ3v) is 4.37. The number of rotatable bonds is 4. The number of halogens is 1. The number of thiophene rings is 1. The van der Waals surface area contributed by atoms with Crippen molar-refractivity contribution in [3.05, 3.63) is 22.4 Å². The third kappa shape index (κ3) is 3.56. The average molecular weight is 309 g/mol. The number of hydrogen-bond donors (Lipinski definition) is 0. The zero-order valence-electron chi connectivity index (χ0n) is 8.33. The fourth-order valence-electron chi connectivity index (χ4n) is 1.02. The monoisotopic (exact) mass is 309 g/mol. The van der Waals surface area contributed by atoms with Gasteiger partial charge in [-0.05, 0) is 24.3 Å². The van der Waals surface area contributed by atoms with Gasteiger partial charge in [0.2, 0.25) is 0 Å². The van der Waals surface area contributed by atoms with E-state index in [1.807, 2.05) is 11.3 Å². The highest BCUT2D eigenvalue weighted by molar-refractivity contribution is 14.1. The minimum Gasteiger partial charge on any atom is -0.239 e. The maximum atomic E-state index is 2.42. The van der Waals surface area contributed by atoms with E-state index in [-0.39, 0.29) is 0 Å². The Kier molecular flexibility index (Phi) is 4.69. The lowest BCUT2D eigenvalue weighted by molar-refractivity contribution is 0.321. The molecule has 0 aliphatic heterocycles. The van der Waals surface area contributed by atoms with Crippen LogP contribution in [0.4, 0.5) is 0 Å². The van der Waals surface area contributed by atoms with Gasteiger partial charge >= 0.3 is 0 Å². The molecule has 1 nitrogen and oxygen atoms in total. The van der Waals surface area contributed by atoms with Crippen LogP contribution in [-0.2, 0) is 6.54 Å².